The summed E-state index contributed by atoms with van der Waals surface area (Å²) >= 11 is 0. The minimum Gasteiger partial charge on any atom is -1.00 e. The number of carbonyl (C=O) groups is 1. The fourth-order valence-corrected chi connectivity index (χ4v) is 6.13. The van der Waals surface area contributed by atoms with Crippen LogP contribution in [0.25, 0.3) is 0 Å². The van der Waals surface area contributed by atoms with Crippen LogP contribution in [0.5, 0.6) is 0 Å². The summed E-state index contributed by atoms with van der Waals surface area (Å²) in [6, 6.07) is 29.1. The van der Waals surface area contributed by atoms with Gasteiger partial charge in [-0.15, -0.1) is 0 Å². The lowest BCUT2D eigenvalue weighted by atomic mass is 9.98. The Labute approximate surface area is 188 Å². The highest BCUT2D eigenvalue weighted by Crippen LogP contribution is 2.37. The van der Waals surface area contributed by atoms with Gasteiger partial charge in [-0.2, -0.15) is 0 Å². The fraction of sp³-hybridized carbons (Fsp3) is 0.269. The van der Waals surface area contributed by atoms with Gasteiger partial charge in [-0.1, -0.05) is 43.3 Å². The van der Waals surface area contributed by atoms with Gasteiger partial charge in [-0.05, 0) is 80.6 Å². The maximum atomic E-state index is 12.8. The van der Waals surface area contributed by atoms with Crippen molar-refractivity contribution in [1.82, 2.24) is 0 Å². The zero-order valence-corrected chi connectivity index (χ0v) is 18.8. The Morgan fingerprint density at radius 2 is 1.27 bits per heavy atom. The molecule has 3 aromatic rings. The van der Waals surface area contributed by atoms with E-state index in [2.05, 4.69) is 67.6 Å². The van der Waals surface area contributed by atoms with Crippen molar-refractivity contribution in [2.75, 3.05) is 0 Å². The molecule has 0 N–H and O–H groups in total. The molecule has 0 spiro atoms. The molecule has 30 heavy (non-hydrogen) atoms. The number of rotatable bonds is 6. The van der Waals surface area contributed by atoms with Gasteiger partial charge in [0.15, 0.2) is 14.7 Å². The van der Waals surface area contributed by atoms with E-state index < -0.39 is 0 Å². The lowest BCUT2D eigenvalue weighted by molar-refractivity contribution is -0.0172. The van der Waals surface area contributed by atoms with Crippen LogP contribution in [0, 0.1) is 0 Å². The van der Waals surface area contributed by atoms with Gasteiger partial charge in [0.25, 0.3) is 0 Å². The van der Waals surface area contributed by atoms with Crippen LogP contribution in [0.1, 0.15) is 49.4 Å². The second kappa shape index (κ2) is 10.2. The van der Waals surface area contributed by atoms with Gasteiger partial charge in [0.05, 0.1) is 16.5 Å². The molecular formula is C26H27ClO2S. The van der Waals surface area contributed by atoms with E-state index >= 15 is 0 Å². The Kier molecular flexibility index (Phi) is 7.63. The Balaban J connectivity index is 0.00000256. The van der Waals surface area contributed by atoms with E-state index in [4.69, 9.17) is 4.74 Å². The van der Waals surface area contributed by atoms with Crippen LogP contribution in [0.2, 0.25) is 0 Å². The van der Waals surface area contributed by atoms with Crippen molar-refractivity contribution in [3.63, 3.8) is 0 Å². The summed E-state index contributed by atoms with van der Waals surface area (Å²) in [7, 11) is -0.202. The normalized spacial score (nSPS) is 14.9. The van der Waals surface area contributed by atoms with Crippen molar-refractivity contribution in [3.05, 3.63) is 90.5 Å². The molecule has 0 radical (unpaired) electrons. The van der Waals surface area contributed by atoms with E-state index in [-0.39, 0.29) is 34.9 Å². The van der Waals surface area contributed by atoms with Crippen molar-refractivity contribution < 1.29 is 21.9 Å². The number of hydrogen-bond donors (Lipinski definition) is 0. The first-order valence-corrected chi connectivity index (χ1v) is 11.6. The minimum atomic E-state index is -0.256. The Morgan fingerprint density at radius 3 is 1.73 bits per heavy atom. The molecule has 1 aliphatic carbocycles. The van der Waals surface area contributed by atoms with Crippen molar-refractivity contribution >= 4 is 16.9 Å². The number of esters is 1. The van der Waals surface area contributed by atoms with Crippen LogP contribution in [-0.4, -0.2) is 11.6 Å². The lowest BCUT2D eigenvalue weighted by Crippen LogP contribution is -3.00. The van der Waals surface area contributed by atoms with E-state index in [0.29, 0.717) is 5.56 Å². The molecule has 0 aliphatic heterocycles. The highest BCUT2D eigenvalue weighted by atomic mass is 35.5. The molecule has 4 heteroatoms. The van der Waals surface area contributed by atoms with E-state index in [1.54, 1.807) is 0 Å². The first-order chi connectivity index (χ1) is 14.2. The van der Waals surface area contributed by atoms with Crippen molar-refractivity contribution in [3.8, 4) is 0 Å². The maximum absolute atomic E-state index is 12.8. The Hall–Kier alpha value is -2.23. The van der Waals surface area contributed by atoms with Crippen LogP contribution in [0.4, 0.5) is 0 Å². The third-order valence-corrected chi connectivity index (χ3v) is 7.98. The van der Waals surface area contributed by atoms with Gasteiger partial charge >= 0.3 is 5.97 Å². The van der Waals surface area contributed by atoms with Gasteiger partial charge in [0.1, 0.15) is 5.60 Å². The molecule has 3 aromatic carbocycles. The van der Waals surface area contributed by atoms with Crippen molar-refractivity contribution in [2.45, 2.75) is 59.3 Å². The van der Waals surface area contributed by atoms with Gasteiger partial charge in [0, 0.05) is 0 Å². The predicted molar refractivity (Wildman–Crippen MR) is 118 cm³/mol. The quantitative estimate of drug-likeness (QED) is 0.433. The molecule has 0 atom stereocenters. The molecule has 0 saturated heterocycles. The summed E-state index contributed by atoms with van der Waals surface area (Å²) in [5, 5.41) is 0. The van der Waals surface area contributed by atoms with E-state index in [0.717, 1.165) is 32.1 Å². The van der Waals surface area contributed by atoms with E-state index in [9.17, 15) is 4.79 Å². The van der Waals surface area contributed by atoms with Crippen molar-refractivity contribution in [2.24, 2.45) is 0 Å². The molecule has 1 saturated carbocycles. The first-order valence-electron chi connectivity index (χ1n) is 10.4. The lowest BCUT2D eigenvalue weighted by Gasteiger charge is -2.27. The second-order valence-corrected chi connectivity index (χ2v) is 9.62. The monoisotopic (exact) mass is 438 g/mol. The predicted octanol–water partition coefficient (Wildman–Crippen LogP) is 3.67. The summed E-state index contributed by atoms with van der Waals surface area (Å²) in [4.78, 5) is 16.5. The number of hydrogen-bond acceptors (Lipinski definition) is 2. The molecule has 0 aromatic heterocycles. The molecule has 2 nitrogen and oxygen atoms in total. The summed E-state index contributed by atoms with van der Waals surface area (Å²) in [5.74, 6) is -0.195. The Bertz CT molecular complexity index is 896. The molecule has 1 aliphatic rings. The molecule has 0 bridgehead atoms. The average molecular weight is 439 g/mol. The molecule has 0 heterocycles. The van der Waals surface area contributed by atoms with Crippen LogP contribution >= 0.6 is 0 Å². The topological polar surface area (TPSA) is 26.3 Å². The summed E-state index contributed by atoms with van der Waals surface area (Å²) in [6.07, 6.45) is 5.16. The number of benzene rings is 3. The zero-order valence-electron chi connectivity index (χ0n) is 17.2. The minimum absolute atomic E-state index is 0. The third-order valence-electron chi connectivity index (χ3n) is 5.75. The second-order valence-electron chi connectivity index (χ2n) is 7.59. The average Bonchev–Trinajstić information content (AvgIpc) is 3.25. The molecule has 0 unspecified atom stereocenters. The molecular weight excluding hydrogens is 412 g/mol. The maximum Gasteiger partial charge on any atom is 0.338 e. The standard InChI is InChI=1S/C26H27O2S.ClH/c1-2-26(19-9-10-20-26)28-25(27)21-15-17-24(18-16-21)29(22-11-5-3-6-12-22)23-13-7-4-8-14-23;/h3-8,11-18H,2,9-10,19-20H2,1H3;1H/q+1;/p-1. The van der Waals surface area contributed by atoms with Crippen LogP contribution < -0.4 is 12.4 Å². The van der Waals surface area contributed by atoms with Gasteiger partial charge in [-0.25, -0.2) is 4.79 Å². The highest BCUT2D eigenvalue weighted by Gasteiger charge is 2.36. The number of ether oxygens (including phenoxy) is 1. The largest absolute Gasteiger partial charge is 1.00 e. The summed E-state index contributed by atoms with van der Waals surface area (Å²) in [5.41, 5.74) is 0.381. The first kappa shape index (κ1) is 22.5. The van der Waals surface area contributed by atoms with Crippen LogP contribution in [-0.2, 0) is 15.6 Å². The number of carbonyl (C=O) groups excluding carboxylic acids is 1. The zero-order chi connectivity index (χ0) is 20.1. The molecule has 0 amide bonds. The van der Waals surface area contributed by atoms with Crippen molar-refractivity contribution in [1.29, 1.82) is 0 Å². The summed E-state index contributed by atoms with van der Waals surface area (Å²) < 4.78 is 5.97. The SMILES string of the molecule is CCC1(OC(=O)c2ccc([S+](c3ccccc3)c3ccccc3)cc2)CCCC1.[Cl-]. The van der Waals surface area contributed by atoms with E-state index in [1.165, 1.54) is 14.7 Å². The van der Waals surface area contributed by atoms with Crippen LogP contribution in [0.3, 0.4) is 0 Å². The number of halogens is 1. The summed E-state index contributed by atoms with van der Waals surface area (Å²) in [6.45, 7) is 2.12. The van der Waals surface area contributed by atoms with E-state index in [1.807, 2.05) is 24.3 Å². The van der Waals surface area contributed by atoms with Gasteiger partial charge in [0.2, 0.25) is 0 Å². The fourth-order valence-electron chi connectivity index (χ4n) is 4.05. The molecule has 156 valence electrons. The van der Waals surface area contributed by atoms with Crippen LogP contribution in [0.15, 0.2) is 99.6 Å². The Morgan fingerprint density at radius 1 is 0.800 bits per heavy atom. The third kappa shape index (κ3) is 4.91. The molecule has 4 rings (SSSR count). The van der Waals surface area contributed by atoms with Gasteiger partial charge < -0.3 is 17.1 Å². The smallest absolute Gasteiger partial charge is 0.338 e. The molecule has 1 fully saturated rings. The highest BCUT2D eigenvalue weighted by molar-refractivity contribution is 7.97. The van der Waals surface area contributed by atoms with Gasteiger partial charge in [-0.3, -0.25) is 0 Å².